The summed E-state index contributed by atoms with van der Waals surface area (Å²) in [6, 6.07) is 15.9. The third-order valence-corrected chi connectivity index (χ3v) is 5.14. The maximum Gasteiger partial charge on any atom is 0.407 e. The summed E-state index contributed by atoms with van der Waals surface area (Å²) in [5.41, 5.74) is 4.66. The molecule has 4 rings (SSSR count). The molecule has 0 aromatic heterocycles. The summed E-state index contributed by atoms with van der Waals surface area (Å²) in [5.74, 6) is 0.00120. The molecule has 24 heavy (non-hydrogen) atoms. The van der Waals surface area contributed by atoms with Gasteiger partial charge >= 0.3 is 6.09 Å². The van der Waals surface area contributed by atoms with Gasteiger partial charge in [0.25, 0.3) is 0 Å². The van der Waals surface area contributed by atoms with Crippen LogP contribution in [0.5, 0.6) is 0 Å². The first-order valence-corrected chi connectivity index (χ1v) is 8.23. The first kappa shape index (κ1) is 15.2. The molecule has 0 bridgehead atoms. The number of fused-ring (bicyclic) bond motifs is 3. The van der Waals surface area contributed by atoms with Crippen LogP contribution in [0.25, 0.3) is 11.1 Å². The Morgan fingerprint density at radius 2 is 1.62 bits per heavy atom. The van der Waals surface area contributed by atoms with E-state index in [1.165, 1.54) is 16.0 Å². The Labute approximate surface area is 140 Å². The van der Waals surface area contributed by atoms with Gasteiger partial charge in [-0.25, -0.2) is 4.79 Å². The van der Waals surface area contributed by atoms with Gasteiger partial charge in [-0.2, -0.15) is 0 Å². The van der Waals surface area contributed by atoms with Crippen molar-refractivity contribution in [2.24, 2.45) is 0 Å². The lowest BCUT2D eigenvalue weighted by atomic mass is 9.95. The molecule has 0 saturated carbocycles. The largest absolute Gasteiger partial charge is 0.465 e. The second kappa shape index (κ2) is 5.92. The lowest BCUT2D eigenvalue weighted by molar-refractivity contribution is 0.0728. The van der Waals surface area contributed by atoms with Gasteiger partial charge in [-0.05, 0) is 22.3 Å². The molecule has 1 fully saturated rings. The number of carboxylic acid groups (broad SMARTS) is 1. The predicted molar refractivity (Wildman–Crippen MR) is 91.1 cm³/mol. The first-order valence-electron chi connectivity index (χ1n) is 8.23. The fourth-order valence-corrected chi connectivity index (χ4v) is 3.98. The number of carbonyl (C=O) groups is 1. The van der Waals surface area contributed by atoms with E-state index in [0.29, 0.717) is 19.6 Å². The van der Waals surface area contributed by atoms with Crippen molar-refractivity contribution in [3.05, 3.63) is 59.7 Å². The van der Waals surface area contributed by atoms with Crippen LogP contribution in [0.15, 0.2) is 48.5 Å². The van der Waals surface area contributed by atoms with Gasteiger partial charge in [0.1, 0.15) is 0 Å². The highest BCUT2D eigenvalue weighted by molar-refractivity contribution is 5.79. The van der Waals surface area contributed by atoms with Crippen LogP contribution in [0.1, 0.15) is 17.0 Å². The van der Waals surface area contributed by atoms with E-state index in [1.54, 1.807) is 0 Å². The standard InChI is InChI=1S/C19H20N2O3/c22-18-10-20-9-17(18)21(19(23)24)11-16-14-7-3-1-5-12(14)13-6-2-4-8-15(13)16/h1-8,16-18,20,22H,9-11H2,(H,23,24)/t17-,18-/m1/s1. The summed E-state index contributed by atoms with van der Waals surface area (Å²) in [5, 5.41) is 22.9. The minimum absolute atomic E-state index is 0.00120. The lowest BCUT2D eigenvalue weighted by Crippen LogP contribution is -2.48. The van der Waals surface area contributed by atoms with Crippen molar-refractivity contribution in [3.63, 3.8) is 0 Å². The van der Waals surface area contributed by atoms with Gasteiger partial charge in [0.05, 0.1) is 12.1 Å². The smallest absolute Gasteiger partial charge is 0.407 e. The van der Waals surface area contributed by atoms with Gasteiger partial charge in [0.2, 0.25) is 0 Å². The summed E-state index contributed by atoms with van der Waals surface area (Å²) in [6.07, 6.45) is -1.64. The number of rotatable bonds is 3. The van der Waals surface area contributed by atoms with Crippen molar-refractivity contribution < 1.29 is 15.0 Å². The molecule has 2 aromatic carbocycles. The number of benzene rings is 2. The number of aliphatic hydroxyl groups is 1. The van der Waals surface area contributed by atoms with E-state index in [-0.39, 0.29) is 5.92 Å². The third-order valence-electron chi connectivity index (χ3n) is 5.14. The van der Waals surface area contributed by atoms with Crippen molar-refractivity contribution in [1.29, 1.82) is 0 Å². The highest BCUT2D eigenvalue weighted by atomic mass is 16.4. The molecule has 2 aromatic rings. The summed E-state index contributed by atoms with van der Waals surface area (Å²) >= 11 is 0. The van der Waals surface area contributed by atoms with E-state index >= 15 is 0 Å². The Hall–Kier alpha value is -2.37. The number of nitrogens with zero attached hydrogens (tertiary/aromatic N) is 1. The molecule has 1 aliphatic heterocycles. The van der Waals surface area contributed by atoms with E-state index in [9.17, 15) is 15.0 Å². The van der Waals surface area contributed by atoms with E-state index < -0.39 is 18.2 Å². The van der Waals surface area contributed by atoms with Gasteiger partial charge in [0.15, 0.2) is 0 Å². The normalized spacial score (nSPS) is 22.2. The van der Waals surface area contributed by atoms with Crippen molar-refractivity contribution in [3.8, 4) is 11.1 Å². The first-order chi connectivity index (χ1) is 11.7. The SMILES string of the molecule is O=C(O)N(CC1c2ccccc2-c2ccccc21)[C@@H]1CNC[C@H]1O. The molecule has 3 N–H and O–H groups in total. The summed E-state index contributed by atoms with van der Waals surface area (Å²) in [7, 11) is 0. The second-order valence-corrected chi connectivity index (χ2v) is 6.45. The van der Waals surface area contributed by atoms with Crippen LogP contribution in [0.2, 0.25) is 0 Å². The molecule has 124 valence electrons. The Kier molecular flexibility index (Phi) is 3.75. The van der Waals surface area contributed by atoms with E-state index in [2.05, 4.69) is 29.6 Å². The molecule has 2 atom stereocenters. The molecule has 1 aliphatic carbocycles. The highest BCUT2D eigenvalue weighted by Gasteiger charge is 2.37. The molecule has 0 radical (unpaired) electrons. The van der Waals surface area contributed by atoms with E-state index in [1.807, 2.05) is 24.3 Å². The molecular weight excluding hydrogens is 304 g/mol. The van der Waals surface area contributed by atoms with Crippen molar-refractivity contribution in [2.75, 3.05) is 19.6 Å². The summed E-state index contributed by atoms with van der Waals surface area (Å²) < 4.78 is 0. The fourth-order valence-electron chi connectivity index (χ4n) is 3.98. The maximum atomic E-state index is 11.8. The van der Waals surface area contributed by atoms with Crippen LogP contribution in [-0.4, -0.2) is 53.0 Å². The van der Waals surface area contributed by atoms with Gasteiger partial charge < -0.3 is 20.4 Å². The number of β-amino-alcohol motifs (C(OH)–C–C–N with tert-alkyl or cyclic N) is 1. The molecule has 5 heteroatoms. The minimum atomic E-state index is -0.982. The highest BCUT2D eigenvalue weighted by Crippen LogP contribution is 2.45. The van der Waals surface area contributed by atoms with Crippen LogP contribution in [-0.2, 0) is 0 Å². The van der Waals surface area contributed by atoms with Crippen molar-refractivity contribution in [2.45, 2.75) is 18.1 Å². The zero-order valence-corrected chi connectivity index (χ0v) is 13.2. The average Bonchev–Trinajstić information content (AvgIpc) is 3.14. The number of hydrogen-bond acceptors (Lipinski definition) is 3. The van der Waals surface area contributed by atoms with Crippen molar-refractivity contribution in [1.82, 2.24) is 10.2 Å². The van der Waals surface area contributed by atoms with E-state index in [4.69, 9.17) is 0 Å². The summed E-state index contributed by atoms with van der Waals surface area (Å²) in [6.45, 7) is 1.28. The number of hydrogen-bond donors (Lipinski definition) is 3. The number of nitrogens with one attached hydrogen (secondary N) is 1. The Morgan fingerprint density at radius 3 is 2.12 bits per heavy atom. The second-order valence-electron chi connectivity index (χ2n) is 6.45. The quantitative estimate of drug-likeness (QED) is 0.808. The van der Waals surface area contributed by atoms with Gasteiger partial charge in [-0.3, -0.25) is 0 Å². The Bertz CT molecular complexity index is 731. The third kappa shape index (κ3) is 2.37. The zero-order valence-electron chi connectivity index (χ0n) is 13.2. The summed E-state index contributed by atoms with van der Waals surface area (Å²) in [4.78, 5) is 13.2. The minimum Gasteiger partial charge on any atom is -0.465 e. The van der Waals surface area contributed by atoms with Crippen LogP contribution in [0, 0.1) is 0 Å². The molecule has 1 amide bonds. The van der Waals surface area contributed by atoms with Gasteiger partial charge in [-0.15, -0.1) is 0 Å². The molecule has 1 saturated heterocycles. The van der Waals surface area contributed by atoms with Crippen molar-refractivity contribution >= 4 is 6.09 Å². The van der Waals surface area contributed by atoms with Gasteiger partial charge in [-0.1, -0.05) is 48.5 Å². The molecule has 0 spiro atoms. The van der Waals surface area contributed by atoms with E-state index in [0.717, 1.165) is 11.1 Å². The molecule has 5 nitrogen and oxygen atoms in total. The maximum absolute atomic E-state index is 11.8. The lowest BCUT2D eigenvalue weighted by Gasteiger charge is -2.30. The Morgan fingerprint density at radius 1 is 1.04 bits per heavy atom. The molecule has 2 aliphatic rings. The molecule has 1 heterocycles. The zero-order chi connectivity index (χ0) is 16.7. The van der Waals surface area contributed by atoms with Crippen LogP contribution >= 0.6 is 0 Å². The number of amides is 1. The monoisotopic (exact) mass is 324 g/mol. The topological polar surface area (TPSA) is 72.8 Å². The van der Waals surface area contributed by atoms with Crippen LogP contribution < -0.4 is 5.32 Å². The molecular formula is C19H20N2O3. The average molecular weight is 324 g/mol. The predicted octanol–water partition coefficient (Wildman–Crippen LogP) is 2.11. The van der Waals surface area contributed by atoms with Crippen LogP contribution in [0.3, 0.4) is 0 Å². The fraction of sp³-hybridized carbons (Fsp3) is 0.316. The van der Waals surface area contributed by atoms with Crippen LogP contribution in [0.4, 0.5) is 4.79 Å². The Balaban J connectivity index is 1.72. The van der Waals surface area contributed by atoms with Gasteiger partial charge in [0, 0.05) is 25.6 Å². The molecule has 0 unspecified atom stereocenters. The number of aliphatic hydroxyl groups excluding tert-OH is 1.